The summed E-state index contributed by atoms with van der Waals surface area (Å²) in [6, 6.07) is 24.2. The zero-order valence-electron chi connectivity index (χ0n) is 17.4. The van der Waals surface area contributed by atoms with Gasteiger partial charge in [-0.15, -0.1) is 0 Å². The van der Waals surface area contributed by atoms with E-state index in [9.17, 15) is 9.90 Å². The molecule has 6 nitrogen and oxygen atoms in total. The molecule has 0 radical (unpaired) electrons. The van der Waals surface area contributed by atoms with Gasteiger partial charge < -0.3 is 9.84 Å². The standard InChI is InChI=1S/C26H18ClN3O3/c27-24-23-22(18-8-5-11-21(15-18)33-16-17-6-2-1-3-7-17)29-25(30(23)13-12-28-24)19-9-4-10-20(14-19)26(31)32/h1-15H,16H2,(H,31,32). The first-order valence-electron chi connectivity index (χ1n) is 10.2. The van der Waals surface area contributed by atoms with Gasteiger partial charge in [-0.2, -0.15) is 0 Å². The Labute approximate surface area is 194 Å². The van der Waals surface area contributed by atoms with Gasteiger partial charge in [0.25, 0.3) is 0 Å². The molecule has 5 rings (SSSR count). The normalized spacial score (nSPS) is 10.9. The minimum atomic E-state index is -0.999. The van der Waals surface area contributed by atoms with Crippen LogP contribution in [0.5, 0.6) is 5.75 Å². The lowest BCUT2D eigenvalue weighted by Gasteiger charge is -2.08. The van der Waals surface area contributed by atoms with Gasteiger partial charge in [-0.05, 0) is 29.8 Å². The molecular formula is C26H18ClN3O3. The average Bonchev–Trinajstić information content (AvgIpc) is 3.25. The Morgan fingerprint density at radius 2 is 1.76 bits per heavy atom. The summed E-state index contributed by atoms with van der Waals surface area (Å²) in [6.45, 7) is 0.448. The number of hydrogen-bond donors (Lipinski definition) is 1. The number of rotatable bonds is 6. The number of carboxylic acid groups (broad SMARTS) is 1. The Kier molecular flexibility index (Phi) is 5.50. The largest absolute Gasteiger partial charge is 0.489 e. The van der Waals surface area contributed by atoms with E-state index in [1.165, 1.54) is 0 Å². The first-order valence-corrected chi connectivity index (χ1v) is 10.6. The van der Waals surface area contributed by atoms with Crippen molar-refractivity contribution in [1.29, 1.82) is 0 Å². The van der Waals surface area contributed by atoms with Crippen LogP contribution in [0.25, 0.3) is 28.2 Å². The Bertz CT molecular complexity index is 1460. The molecule has 3 aromatic carbocycles. The number of aromatic nitrogens is 3. The lowest BCUT2D eigenvalue weighted by molar-refractivity contribution is 0.0697. The van der Waals surface area contributed by atoms with Gasteiger partial charge in [-0.25, -0.2) is 14.8 Å². The number of nitrogens with zero attached hydrogens (tertiary/aromatic N) is 3. The lowest BCUT2D eigenvalue weighted by atomic mass is 10.1. The third-order valence-electron chi connectivity index (χ3n) is 5.23. The molecule has 0 bridgehead atoms. The molecule has 0 aliphatic carbocycles. The molecule has 2 heterocycles. The van der Waals surface area contributed by atoms with E-state index in [1.807, 2.05) is 65.1 Å². The molecule has 0 atom stereocenters. The molecule has 2 aromatic heterocycles. The van der Waals surface area contributed by atoms with E-state index in [2.05, 4.69) is 4.98 Å². The molecule has 0 unspecified atom stereocenters. The number of fused-ring (bicyclic) bond motifs is 1. The molecule has 0 fully saturated rings. The fourth-order valence-electron chi connectivity index (χ4n) is 3.67. The van der Waals surface area contributed by atoms with Crippen LogP contribution in [0, 0.1) is 0 Å². The van der Waals surface area contributed by atoms with Crippen molar-refractivity contribution in [3.63, 3.8) is 0 Å². The summed E-state index contributed by atoms with van der Waals surface area (Å²) in [5.74, 6) is 0.274. The fraction of sp³-hybridized carbons (Fsp3) is 0.0385. The minimum Gasteiger partial charge on any atom is -0.489 e. The molecule has 0 spiro atoms. The Balaban J connectivity index is 1.58. The van der Waals surface area contributed by atoms with E-state index in [-0.39, 0.29) is 5.56 Å². The Morgan fingerprint density at radius 3 is 2.58 bits per heavy atom. The van der Waals surface area contributed by atoms with Crippen LogP contribution < -0.4 is 4.74 Å². The van der Waals surface area contributed by atoms with E-state index in [0.717, 1.165) is 11.1 Å². The molecule has 7 heteroatoms. The third-order valence-corrected chi connectivity index (χ3v) is 5.51. The van der Waals surface area contributed by atoms with Gasteiger partial charge in [-0.1, -0.05) is 66.2 Å². The lowest BCUT2D eigenvalue weighted by Crippen LogP contribution is -1.97. The molecule has 33 heavy (non-hydrogen) atoms. The van der Waals surface area contributed by atoms with Crippen molar-refractivity contribution in [3.8, 4) is 28.4 Å². The summed E-state index contributed by atoms with van der Waals surface area (Å²) in [6.07, 6.45) is 3.35. The van der Waals surface area contributed by atoms with E-state index in [1.54, 1.807) is 30.6 Å². The molecule has 0 amide bonds. The van der Waals surface area contributed by atoms with Gasteiger partial charge in [-0.3, -0.25) is 4.40 Å². The molecule has 0 aliphatic rings. The molecule has 1 N–H and O–H groups in total. The van der Waals surface area contributed by atoms with Gasteiger partial charge in [0.2, 0.25) is 0 Å². The van der Waals surface area contributed by atoms with Crippen LogP contribution in [0.1, 0.15) is 15.9 Å². The number of ether oxygens (including phenoxy) is 1. The number of aromatic carboxylic acids is 1. The second-order valence-electron chi connectivity index (χ2n) is 7.41. The number of hydrogen-bond acceptors (Lipinski definition) is 4. The van der Waals surface area contributed by atoms with Crippen LogP contribution in [-0.2, 0) is 6.61 Å². The van der Waals surface area contributed by atoms with Gasteiger partial charge in [0, 0.05) is 23.5 Å². The van der Waals surface area contributed by atoms with Crippen LogP contribution in [0.4, 0.5) is 0 Å². The molecule has 5 aromatic rings. The van der Waals surface area contributed by atoms with E-state index < -0.39 is 5.97 Å². The van der Waals surface area contributed by atoms with E-state index in [4.69, 9.17) is 21.3 Å². The highest BCUT2D eigenvalue weighted by Crippen LogP contribution is 2.34. The predicted molar refractivity (Wildman–Crippen MR) is 127 cm³/mol. The highest BCUT2D eigenvalue weighted by Gasteiger charge is 2.18. The van der Waals surface area contributed by atoms with Crippen molar-refractivity contribution in [3.05, 3.63) is 108 Å². The summed E-state index contributed by atoms with van der Waals surface area (Å²) in [5.41, 5.74) is 4.00. The maximum atomic E-state index is 11.5. The second-order valence-corrected chi connectivity index (χ2v) is 7.77. The highest BCUT2D eigenvalue weighted by atomic mass is 35.5. The van der Waals surface area contributed by atoms with Gasteiger partial charge >= 0.3 is 5.97 Å². The average molecular weight is 456 g/mol. The van der Waals surface area contributed by atoms with Crippen molar-refractivity contribution in [2.75, 3.05) is 0 Å². The first-order chi connectivity index (χ1) is 16.1. The zero-order chi connectivity index (χ0) is 22.8. The monoisotopic (exact) mass is 455 g/mol. The van der Waals surface area contributed by atoms with E-state index >= 15 is 0 Å². The van der Waals surface area contributed by atoms with Gasteiger partial charge in [0.1, 0.15) is 29.4 Å². The molecular weight excluding hydrogens is 438 g/mol. The van der Waals surface area contributed by atoms with Crippen LogP contribution in [-0.4, -0.2) is 25.4 Å². The summed E-state index contributed by atoms with van der Waals surface area (Å²) < 4.78 is 7.80. The molecule has 0 aliphatic heterocycles. The predicted octanol–water partition coefficient (Wildman–Crippen LogP) is 5.99. The van der Waals surface area contributed by atoms with Crippen molar-refractivity contribution in [2.45, 2.75) is 6.61 Å². The third kappa shape index (κ3) is 4.16. The number of carboxylic acids is 1. The second kappa shape index (κ2) is 8.76. The SMILES string of the molecule is O=C(O)c1cccc(-c2nc(-c3cccc(OCc4ccccc4)c3)c3c(Cl)nccn23)c1. The first kappa shape index (κ1) is 20.7. The van der Waals surface area contributed by atoms with Crippen LogP contribution in [0.15, 0.2) is 91.3 Å². The molecule has 162 valence electrons. The summed E-state index contributed by atoms with van der Waals surface area (Å²) in [5, 5.41) is 9.69. The molecule has 0 saturated heterocycles. The highest BCUT2D eigenvalue weighted by molar-refractivity contribution is 6.33. The van der Waals surface area contributed by atoms with Crippen molar-refractivity contribution in [1.82, 2.24) is 14.4 Å². The summed E-state index contributed by atoms with van der Waals surface area (Å²) in [7, 11) is 0. The number of carbonyl (C=O) groups is 1. The quantitative estimate of drug-likeness (QED) is 0.340. The van der Waals surface area contributed by atoms with Crippen molar-refractivity contribution in [2.24, 2.45) is 0 Å². The summed E-state index contributed by atoms with van der Waals surface area (Å²) in [4.78, 5) is 20.5. The fourth-order valence-corrected chi connectivity index (χ4v) is 3.91. The number of halogens is 1. The van der Waals surface area contributed by atoms with Crippen LogP contribution >= 0.6 is 11.6 Å². The van der Waals surface area contributed by atoms with Gasteiger partial charge in [0.15, 0.2) is 5.15 Å². The number of benzene rings is 3. The minimum absolute atomic E-state index is 0.183. The maximum Gasteiger partial charge on any atom is 0.335 e. The zero-order valence-corrected chi connectivity index (χ0v) is 18.1. The number of imidazole rings is 1. The molecule has 0 saturated carbocycles. The van der Waals surface area contributed by atoms with Crippen molar-refractivity contribution < 1.29 is 14.6 Å². The maximum absolute atomic E-state index is 11.5. The topological polar surface area (TPSA) is 76.7 Å². The van der Waals surface area contributed by atoms with Crippen LogP contribution in [0.2, 0.25) is 5.15 Å². The summed E-state index contributed by atoms with van der Waals surface area (Å²) >= 11 is 6.48. The van der Waals surface area contributed by atoms with E-state index in [0.29, 0.717) is 40.1 Å². The Hall–Kier alpha value is -4.16. The smallest absolute Gasteiger partial charge is 0.335 e. The Morgan fingerprint density at radius 1 is 0.970 bits per heavy atom. The van der Waals surface area contributed by atoms with Gasteiger partial charge in [0.05, 0.1) is 5.56 Å². The van der Waals surface area contributed by atoms with Crippen LogP contribution in [0.3, 0.4) is 0 Å². The van der Waals surface area contributed by atoms with Crippen molar-refractivity contribution >= 4 is 23.1 Å².